The lowest BCUT2D eigenvalue weighted by Crippen LogP contribution is -2.32. The van der Waals surface area contributed by atoms with Crippen molar-refractivity contribution in [1.29, 1.82) is 10.5 Å². The zero-order valence-electron chi connectivity index (χ0n) is 16.2. The van der Waals surface area contributed by atoms with Gasteiger partial charge in [0.1, 0.15) is 22.5 Å². The Hall–Kier alpha value is -1.70. The summed E-state index contributed by atoms with van der Waals surface area (Å²) in [5, 5.41) is 20.5. The van der Waals surface area contributed by atoms with E-state index in [0.29, 0.717) is 0 Å². The van der Waals surface area contributed by atoms with Crippen molar-refractivity contribution in [3.8, 4) is 12.1 Å². The quantitative estimate of drug-likeness (QED) is 0.450. The molecule has 0 saturated heterocycles. The molecule has 0 bridgehead atoms. The number of amidine groups is 1. The fraction of sp³-hybridized carbons (Fsp3) is 0.571. The van der Waals surface area contributed by atoms with Crippen molar-refractivity contribution in [1.82, 2.24) is 0 Å². The first-order valence-corrected chi connectivity index (χ1v) is 11.7. The lowest BCUT2D eigenvalue weighted by Gasteiger charge is -2.32. The van der Waals surface area contributed by atoms with Gasteiger partial charge in [0.25, 0.3) is 0 Å². The molecule has 4 nitrogen and oxygen atoms in total. The van der Waals surface area contributed by atoms with Gasteiger partial charge in [-0.05, 0) is 42.0 Å². The zero-order chi connectivity index (χ0) is 20.4. The number of rotatable bonds is 9. The van der Waals surface area contributed by atoms with Crippen molar-refractivity contribution >= 4 is 29.4 Å². The van der Waals surface area contributed by atoms with Gasteiger partial charge in [-0.25, -0.2) is 9.38 Å². The van der Waals surface area contributed by atoms with E-state index in [4.69, 9.17) is 10.7 Å². The largest absolute Gasteiger partial charge is 0.386 e. The van der Waals surface area contributed by atoms with Crippen molar-refractivity contribution in [3.63, 3.8) is 0 Å². The van der Waals surface area contributed by atoms with Gasteiger partial charge in [0.15, 0.2) is 4.20 Å². The third-order valence-corrected chi connectivity index (χ3v) is 9.02. The van der Waals surface area contributed by atoms with Crippen LogP contribution in [0.2, 0.25) is 0 Å². The number of hydrogen-bond donors (Lipinski definition) is 1. The molecule has 148 valence electrons. The molecule has 3 rings (SSSR count). The summed E-state index contributed by atoms with van der Waals surface area (Å²) in [4.78, 5) is 4.77. The molecule has 1 heterocycles. The summed E-state index contributed by atoms with van der Waals surface area (Å²) in [7, 11) is 0. The van der Waals surface area contributed by atoms with Crippen LogP contribution in [-0.2, 0) is 0 Å². The molecule has 1 aromatic rings. The van der Waals surface area contributed by atoms with Gasteiger partial charge in [-0.15, -0.1) is 23.5 Å². The van der Waals surface area contributed by atoms with Crippen molar-refractivity contribution < 1.29 is 4.39 Å². The molecule has 0 radical (unpaired) electrons. The molecule has 1 saturated carbocycles. The lowest BCUT2D eigenvalue weighted by molar-refractivity contribution is 0.562. The third kappa shape index (κ3) is 2.75. The molecule has 2 N–H and O–H groups in total. The Morgan fingerprint density at radius 1 is 1.07 bits per heavy atom. The lowest BCUT2D eigenvalue weighted by atomic mass is 9.97. The van der Waals surface area contributed by atoms with Gasteiger partial charge in [-0.2, -0.15) is 10.5 Å². The second kappa shape index (κ2) is 7.97. The standard InChI is InChI=1S/C21H25FN4S2/c1-3-5-11-27-21(28-12-6-4-2)20(14-24)17(15-7-9-16(22)10-8-15)19(20,13-23)18(25)26-21/h7-10,17H,3-6,11-12H2,1-2H3,(H2,25,26). The van der Waals surface area contributed by atoms with Gasteiger partial charge in [-0.3, -0.25) is 0 Å². The molecular weight excluding hydrogens is 391 g/mol. The van der Waals surface area contributed by atoms with E-state index in [1.165, 1.54) is 12.1 Å². The molecule has 1 fully saturated rings. The smallest absolute Gasteiger partial charge is 0.175 e. The second-order valence-corrected chi connectivity index (χ2v) is 10.1. The Kier molecular flexibility index (Phi) is 5.98. The molecule has 7 heteroatoms. The number of aliphatic imine (C=N–C) groups is 1. The highest BCUT2D eigenvalue weighted by molar-refractivity contribution is 8.18. The van der Waals surface area contributed by atoms with Gasteiger partial charge in [0.2, 0.25) is 0 Å². The summed E-state index contributed by atoms with van der Waals surface area (Å²) in [6.45, 7) is 4.25. The number of thioether (sulfide) groups is 2. The summed E-state index contributed by atoms with van der Waals surface area (Å²) < 4.78 is 12.7. The molecule has 2 aliphatic rings. The molecule has 28 heavy (non-hydrogen) atoms. The third-order valence-electron chi connectivity index (χ3n) is 5.72. The molecular formula is C21H25FN4S2. The highest BCUT2D eigenvalue weighted by atomic mass is 32.2. The average molecular weight is 417 g/mol. The van der Waals surface area contributed by atoms with Crippen LogP contribution < -0.4 is 5.73 Å². The molecule has 0 spiro atoms. The van der Waals surface area contributed by atoms with Crippen molar-refractivity contribution in [2.75, 3.05) is 11.5 Å². The van der Waals surface area contributed by atoms with E-state index in [-0.39, 0.29) is 11.7 Å². The minimum absolute atomic E-state index is 0.249. The van der Waals surface area contributed by atoms with E-state index < -0.39 is 21.0 Å². The highest BCUT2D eigenvalue weighted by Crippen LogP contribution is 2.85. The fourth-order valence-electron chi connectivity index (χ4n) is 4.22. The van der Waals surface area contributed by atoms with E-state index in [1.807, 2.05) is 0 Å². The Morgan fingerprint density at radius 2 is 1.64 bits per heavy atom. The Morgan fingerprint density at radius 3 is 2.11 bits per heavy atom. The highest BCUT2D eigenvalue weighted by Gasteiger charge is 2.91. The summed E-state index contributed by atoms with van der Waals surface area (Å²) in [6.07, 6.45) is 4.12. The number of halogens is 1. The first-order valence-electron chi connectivity index (χ1n) is 9.71. The van der Waals surface area contributed by atoms with Crippen LogP contribution in [0.3, 0.4) is 0 Å². The molecule has 1 aliphatic carbocycles. The minimum atomic E-state index is -1.14. The van der Waals surface area contributed by atoms with Crippen molar-refractivity contribution in [2.45, 2.75) is 49.7 Å². The predicted molar refractivity (Wildman–Crippen MR) is 114 cm³/mol. The van der Waals surface area contributed by atoms with Crippen LogP contribution in [0.5, 0.6) is 0 Å². The van der Waals surface area contributed by atoms with Gasteiger partial charge in [0, 0.05) is 5.92 Å². The van der Waals surface area contributed by atoms with Gasteiger partial charge >= 0.3 is 0 Å². The normalized spacial score (nSPS) is 29.5. The topological polar surface area (TPSA) is 86.0 Å². The maximum absolute atomic E-state index is 13.5. The summed E-state index contributed by atoms with van der Waals surface area (Å²) >= 11 is 3.29. The first-order chi connectivity index (χ1) is 13.5. The summed E-state index contributed by atoms with van der Waals surface area (Å²) in [5.74, 6) is 1.23. The monoisotopic (exact) mass is 416 g/mol. The number of fused-ring (bicyclic) bond motifs is 1. The average Bonchev–Trinajstić information content (AvgIpc) is 3.27. The second-order valence-electron chi connectivity index (χ2n) is 7.31. The van der Waals surface area contributed by atoms with Crippen LogP contribution in [0, 0.1) is 39.3 Å². The Labute approximate surface area is 174 Å². The number of benzene rings is 1. The van der Waals surface area contributed by atoms with Gasteiger partial charge < -0.3 is 5.73 Å². The molecule has 1 aromatic carbocycles. The molecule has 1 aliphatic heterocycles. The number of hydrogen-bond acceptors (Lipinski definition) is 6. The molecule has 0 amide bonds. The maximum atomic E-state index is 13.5. The molecule has 3 atom stereocenters. The van der Waals surface area contributed by atoms with Crippen LogP contribution in [-0.4, -0.2) is 21.5 Å². The first kappa shape index (κ1) is 21.0. The van der Waals surface area contributed by atoms with Crippen LogP contribution >= 0.6 is 23.5 Å². The van der Waals surface area contributed by atoms with Gasteiger partial charge in [-0.1, -0.05) is 38.8 Å². The predicted octanol–water partition coefficient (Wildman–Crippen LogP) is 5.03. The summed E-state index contributed by atoms with van der Waals surface area (Å²) in [5.41, 5.74) is 4.95. The van der Waals surface area contributed by atoms with Crippen molar-refractivity contribution in [3.05, 3.63) is 35.6 Å². The van der Waals surface area contributed by atoms with Crippen LogP contribution in [0.4, 0.5) is 4.39 Å². The molecule has 3 unspecified atom stereocenters. The van der Waals surface area contributed by atoms with E-state index in [1.54, 1.807) is 35.7 Å². The SMILES string of the molecule is CCCCSC1(SCCCC)N=C(N)C2(C#N)C(c3ccc(F)cc3)C12C#N. The Balaban J connectivity index is 2.08. The number of nitrogens with zero attached hydrogens (tertiary/aromatic N) is 3. The Bertz CT molecular complexity index is 831. The number of nitrogens with two attached hydrogens (primary N) is 1. The van der Waals surface area contributed by atoms with E-state index in [9.17, 15) is 14.9 Å². The summed E-state index contributed by atoms with van der Waals surface area (Å²) in [6, 6.07) is 10.9. The van der Waals surface area contributed by atoms with E-state index in [2.05, 4.69) is 26.0 Å². The van der Waals surface area contributed by atoms with Crippen LogP contribution in [0.1, 0.15) is 51.0 Å². The zero-order valence-corrected chi connectivity index (χ0v) is 17.9. The van der Waals surface area contributed by atoms with E-state index >= 15 is 0 Å². The number of unbranched alkanes of at least 4 members (excludes halogenated alkanes) is 2. The van der Waals surface area contributed by atoms with Crippen molar-refractivity contribution in [2.24, 2.45) is 21.6 Å². The van der Waals surface area contributed by atoms with E-state index in [0.717, 1.165) is 42.8 Å². The fourth-order valence-corrected chi connectivity index (χ4v) is 7.91. The number of nitriles is 2. The minimum Gasteiger partial charge on any atom is -0.386 e. The maximum Gasteiger partial charge on any atom is 0.175 e. The molecule has 0 aromatic heterocycles. The van der Waals surface area contributed by atoms with Crippen LogP contribution in [0.25, 0.3) is 0 Å². The van der Waals surface area contributed by atoms with Crippen LogP contribution in [0.15, 0.2) is 29.3 Å². The van der Waals surface area contributed by atoms with Gasteiger partial charge in [0.05, 0.1) is 12.1 Å².